The molecule has 0 radical (unpaired) electrons. The van der Waals surface area contributed by atoms with Crippen molar-refractivity contribution in [2.75, 3.05) is 23.8 Å². The molecule has 0 unspecified atom stereocenters. The summed E-state index contributed by atoms with van der Waals surface area (Å²) in [5, 5.41) is 14.3. The Morgan fingerprint density at radius 3 is 2.79 bits per heavy atom. The van der Waals surface area contributed by atoms with Gasteiger partial charge in [-0.1, -0.05) is 6.07 Å². The summed E-state index contributed by atoms with van der Waals surface area (Å²) in [6.45, 7) is 2.06. The lowest BCUT2D eigenvalue weighted by molar-refractivity contribution is -0.114. The standard InChI is InChI=1S/C10H14N2O2/c1-8(14)12-10-4-2-3-9(7-10)11-5-6-13/h2-4,7,11,13H,5-6H2,1H3,(H,12,14). The summed E-state index contributed by atoms with van der Waals surface area (Å²) in [5.41, 5.74) is 1.63. The molecule has 1 aromatic carbocycles. The molecule has 76 valence electrons. The van der Waals surface area contributed by atoms with Gasteiger partial charge in [-0.25, -0.2) is 0 Å². The third-order valence-corrected chi connectivity index (χ3v) is 1.62. The summed E-state index contributed by atoms with van der Waals surface area (Å²) in [7, 11) is 0. The lowest BCUT2D eigenvalue weighted by Crippen LogP contribution is -2.08. The Bertz CT molecular complexity index is 313. The molecule has 0 heterocycles. The maximum atomic E-state index is 10.8. The lowest BCUT2D eigenvalue weighted by Gasteiger charge is -2.06. The van der Waals surface area contributed by atoms with Gasteiger partial charge in [0.2, 0.25) is 5.91 Å². The highest BCUT2D eigenvalue weighted by molar-refractivity contribution is 5.89. The first-order valence-electron chi connectivity index (χ1n) is 4.45. The third kappa shape index (κ3) is 3.45. The molecule has 0 fully saturated rings. The zero-order valence-corrected chi connectivity index (χ0v) is 8.08. The van der Waals surface area contributed by atoms with Gasteiger partial charge < -0.3 is 15.7 Å². The fourth-order valence-corrected chi connectivity index (χ4v) is 1.11. The van der Waals surface area contributed by atoms with Crippen LogP contribution in [0.5, 0.6) is 0 Å². The first-order chi connectivity index (χ1) is 6.72. The van der Waals surface area contributed by atoms with E-state index in [1.165, 1.54) is 6.92 Å². The van der Waals surface area contributed by atoms with Crippen LogP contribution in [0.3, 0.4) is 0 Å². The highest BCUT2D eigenvalue weighted by atomic mass is 16.3. The van der Waals surface area contributed by atoms with Crippen molar-refractivity contribution in [1.29, 1.82) is 0 Å². The van der Waals surface area contributed by atoms with E-state index in [0.717, 1.165) is 11.4 Å². The summed E-state index contributed by atoms with van der Waals surface area (Å²) in [4.78, 5) is 10.8. The minimum atomic E-state index is -0.0932. The van der Waals surface area contributed by atoms with Crippen molar-refractivity contribution in [3.8, 4) is 0 Å². The molecule has 0 aromatic heterocycles. The zero-order valence-electron chi connectivity index (χ0n) is 8.08. The highest BCUT2D eigenvalue weighted by Gasteiger charge is 1.96. The summed E-state index contributed by atoms with van der Waals surface area (Å²) < 4.78 is 0. The van der Waals surface area contributed by atoms with Crippen LogP contribution in [-0.4, -0.2) is 24.2 Å². The van der Waals surface area contributed by atoms with Crippen LogP contribution in [0.2, 0.25) is 0 Å². The maximum Gasteiger partial charge on any atom is 0.221 e. The van der Waals surface area contributed by atoms with Gasteiger partial charge in [-0.3, -0.25) is 4.79 Å². The molecule has 4 nitrogen and oxygen atoms in total. The Kier molecular flexibility index (Phi) is 3.94. The molecular weight excluding hydrogens is 180 g/mol. The van der Waals surface area contributed by atoms with Crippen LogP contribution in [0.4, 0.5) is 11.4 Å². The van der Waals surface area contributed by atoms with E-state index in [1.54, 1.807) is 0 Å². The van der Waals surface area contributed by atoms with Crippen LogP contribution in [0.15, 0.2) is 24.3 Å². The van der Waals surface area contributed by atoms with Crippen molar-refractivity contribution >= 4 is 17.3 Å². The number of aliphatic hydroxyl groups excluding tert-OH is 1. The van der Waals surface area contributed by atoms with Crippen LogP contribution >= 0.6 is 0 Å². The Morgan fingerprint density at radius 2 is 2.14 bits per heavy atom. The molecule has 0 aliphatic rings. The highest BCUT2D eigenvalue weighted by Crippen LogP contribution is 2.14. The molecule has 0 bridgehead atoms. The van der Waals surface area contributed by atoms with Crippen LogP contribution < -0.4 is 10.6 Å². The van der Waals surface area contributed by atoms with Crippen LogP contribution in [0.25, 0.3) is 0 Å². The zero-order chi connectivity index (χ0) is 10.4. The van der Waals surface area contributed by atoms with Crippen molar-refractivity contribution in [1.82, 2.24) is 0 Å². The number of hydrogen-bond donors (Lipinski definition) is 3. The van der Waals surface area contributed by atoms with E-state index < -0.39 is 0 Å². The van der Waals surface area contributed by atoms with Gasteiger partial charge in [-0.15, -0.1) is 0 Å². The molecular formula is C10H14N2O2. The Morgan fingerprint density at radius 1 is 1.43 bits per heavy atom. The van der Waals surface area contributed by atoms with Crippen LogP contribution in [0.1, 0.15) is 6.92 Å². The van der Waals surface area contributed by atoms with Gasteiger partial charge in [-0.05, 0) is 18.2 Å². The van der Waals surface area contributed by atoms with E-state index in [0.29, 0.717) is 6.54 Å². The number of hydrogen-bond acceptors (Lipinski definition) is 3. The second kappa shape index (κ2) is 5.24. The predicted octanol–water partition coefficient (Wildman–Crippen LogP) is 1.05. The molecule has 1 aromatic rings. The predicted molar refractivity (Wildman–Crippen MR) is 56.3 cm³/mol. The van der Waals surface area contributed by atoms with E-state index in [1.807, 2.05) is 24.3 Å². The van der Waals surface area contributed by atoms with Crippen LogP contribution in [-0.2, 0) is 4.79 Å². The monoisotopic (exact) mass is 194 g/mol. The molecule has 4 heteroatoms. The minimum Gasteiger partial charge on any atom is -0.395 e. The number of rotatable bonds is 4. The van der Waals surface area contributed by atoms with Gasteiger partial charge in [0.1, 0.15) is 0 Å². The van der Waals surface area contributed by atoms with Crippen LogP contribution in [0, 0.1) is 0 Å². The fourth-order valence-electron chi connectivity index (χ4n) is 1.11. The molecule has 0 atom stereocenters. The van der Waals surface area contributed by atoms with E-state index in [2.05, 4.69) is 10.6 Å². The first kappa shape index (κ1) is 10.5. The molecule has 0 aliphatic heterocycles. The van der Waals surface area contributed by atoms with Crippen molar-refractivity contribution < 1.29 is 9.90 Å². The summed E-state index contributed by atoms with van der Waals surface area (Å²) in [5.74, 6) is -0.0932. The topological polar surface area (TPSA) is 61.4 Å². The molecule has 3 N–H and O–H groups in total. The molecule has 0 spiro atoms. The fraction of sp³-hybridized carbons (Fsp3) is 0.300. The number of benzene rings is 1. The first-order valence-corrected chi connectivity index (χ1v) is 4.45. The number of nitrogens with one attached hydrogen (secondary N) is 2. The van der Waals surface area contributed by atoms with E-state index in [9.17, 15) is 4.79 Å². The number of aliphatic hydroxyl groups is 1. The molecule has 0 saturated heterocycles. The van der Waals surface area contributed by atoms with Gasteiger partial charge in [-0.2, -0.15) is 0 Å². The normalized spacial score (nSPS) is 9.57. The summed E-state index contributed by atoms with van der Waals surface area (Å²) in [6, 6.07) is 7.34. The molecule has 0 saturated carbocycles. The SMILES string of the molecule is CC(=O)Nc1cccc(NCCO)c1. The average molecular weight is 194 g/mol. The Hall–Kier alpha value is -1.55. The largest absolute Gasteiger partial charge is 0.395 e. The Balaban J connectivity index is 2.63. The number of amides is 1. The van der Waals surface area contributed by atoms with E-state index in [-0.39, 0.29) is 12.5 Å². The maximum absolute atomic E-state index is 10.8. The summed E-state index contributed by atoms with van der Waals surface area (Å²) >= 11 is 0. The number of carbonyl (C=O) groups excluding carboxylic acids is 1. The van der Waals surface area contributed by atoms with Gasteiger partial charge in [0.25, 0.3) is 0 Å². The van der Waals surface area contributed by atoms with E-state index >= 15 is 0 Å². The molecule has 14 heavy (non-hydrogen) atoms. The molecule has 1 amide bonds. The average Bonchev–Trinajstić information content (AvgIpc) is 2.14. The third-order valence-electron chi connectivity index (χ3n) is 1.62. The Labute approximate surface area is 82.9 Å². The number of anilines is 2. The van der Waals surface area contributed by atoms with Crippen molar-refractivity contribution in [3.63, 3.8) is 0 Å². The molecule has 0 aliphatic carbocycles. The quantitative estimate of drug-likeness (QED) is 0.671. The van der Waals surface area contributed by atoms with Gasteiger partial charge >= 0.3 is 0 Å². The van der Waals surface area contributed by atoms with Crippen molar-refractivity contribution in [2.45, 2.75) is 6.92 Å². The van der Waals surface area contributed by atoms with Crippen molar-refractivity contribution in [2.24, 2.45) is 0 Å². The van der Waals surface area contributed by atoms with Gasteiger partial charge in [0, 0.05) is 24.8 Å². The second-order valence-electron chi connectivity index (χ2n) is 2.91. The lowest BCUT2D eigenvalue weighted by atomic mass is 10.2. The molecule has 1 rings (SSSR count). The number of carbonyl (C=O) groups is 1. The van der Waals surface area contributed by atoms with Gasteiger partial charge in [0.05, 0.1) is 6.61 Å². The van der Waals surface area contributed by atoms with Crippen molar-refractivity contribution in [3.05, 3.63) is 24.3 Å². The van der Waals surface area contributed by atoms with Gasteiger partial charge in [0.15, 0.2) is 0 Å². The smallest absolute Gasteiger partial charge is 0.221 e. The minimum absolute atomic E-state index is 0.0877. The second-order valence-corrected chi connectivity index (χ2v) is 2.91. The van der Waals surface area contributed by atoms with E-state index in [4.69, 9.17) is 5.11 Å². The summed E-state index contributed by atoms with van der Waals surface area (Å²) in [6.07, 6.45) is 0.